The smallest absolute Gasteiger partial charge is 0.129 e. The van der Waals surface area contributed by atoms with Crippen LogP contribution in [0.25, 0.3) is 0 Å². The van der Waals surface area contributed by atoms with Crippen LogP contribution in [0.1, 0.15) is 36.6 Å². The third-order valence-corrected chi connectivity index (χ3v) is 3.84. The first-order valence-corrected chi connectivity index (χ1v) is 7.13. The lowest BCUT2D eigenvalue weighted by Gasteiger charge is -2.20. The maximum Gasteiger partial charge on any atom is 0.129 e. The van der Waals surface area contributed by atoms with E-state index in [1.165, 1.54) is 0 Å². The number of fused-ring (bicyclic) bond motifs is 1. The summed E-state index contributed by atoms with van der Waals surface area (Å²) in [5, 5.41) is 10.6. The third kappa shape index (κ3) is 2.72. The number of benzene rings is 1. The standard InChI is InChI=1S/C17H20N2O2/c1-17(2)9-11-4-3-5-13(16(11)21-17)15(20)8-12-10-19-7-6-14(12)18/h3-7,10,15,20H,8-9H2,1-2H3,(H2,18,19). The van der Waals surface area contributed by atoms with E-state index in [-0.39, 0.29) is 5.60 Å². The molecule has 3 rings (SSSR count). The quantitative estimate of drug-likeness (QED) is 0.909. The molecule has 0 aliphatic carbocycles. The number of rotatable bonds is 3. The Hall–Kier alpha value is -2.07. The Morgan fingerprint density at radius 2 is 2.19 bits per heavy atom. The lowest BCUT2D eigenvalue weighted by Crippen LogP contribution is -2.25. The molecule has 1 atom stereocenters. The molecule has 0 saturated carbocycles. The molecule has 0 spiro atoms. The van der Waals surface area contributed by atoms with Gasteiger partial charge in [0.05, 0.1) is 6.10 Å². The van der Waals surface area contributed by atoms with Crippen molar-refractivity contribution >= 4 is 5.69 Å². The molecule has 4 heteroatoms. The van der Waals surface area contributed by atoms with Gasteiger partial charge in [0, 0.05) is 36.5 Å². The molecule has 0 bridgehead atoms. The SMILES string of the molecule is CC1(C)Cc2cccc(C(O)Cc3cnccc3N)c2O1. The van der Waals surface area contributed by atoms with Gasteiger partial charge < -0.3 is 15.6 Å². The van der Waals surface area contributed by atoms with Crippen molar-refractivity contribution in [2.75, 3.05) is 5.73 Å². The first kappa shape index (κ1) is 13.9. The summed E-state index contributed by atoms with van der Waals surface area (Å²) in [5.41, 5.74) is 9.17. The number of nitrogens with two attached hydrogens (primary N) is 1. The summed E-state index contributed by atoms with van der Waals surface area (Å²) in [5.74, 6) is 0.817. The molecule has 0 radical (unpaired) electrons. The van der Waals surface area contributed by atoms with Crippen molar-refractivity contribution in [2.24, 2.45) is 0 Å². The molecule has 1 aromatic heterocycles. The van der Waals surface area contributed by atoms with Crippen molar-refractivity contribution in [3.63, 3.8) is 0 Å². The molecule has 21 heavy (non-hydrogen) atoms. The van der Waals surface area contributed by atoms with Gasteiger partial charge in [-0.25, -0.2) is 0 Å². The number of aromatic nitrogens is 1. The highest BCUT2D eigenvalue weighted by Crippen LogP contribution is 2.40. The van der Waals surface area contributed by atoms with Crippen LogP contribution in [0.3, 0.4) is 0 Å². The highest BCUT2D eigenvalue weighted by Gasteiger charge is 2.33. The summed E-state index contributed by atoms with van der Waals surface area (Å²) >= 11 is 0. The minimum absolute atomic E-state index is 0.217. The summed E-state index contributed by atoms with van der Waals surface area (Å²) in [6, 6.07) is 7.68. The number of anilines is 1. The molecular formula is C17H20N2O2. The lowest BCUT2D eigenvalue weighted by molar-refractivity contribution is 0.126. The fourth-order valence-electron chi connectivity index (χ4n) is 2.83. The largest absolute Gasteiger partial charge is 0.487 e. The molecule has 110 valence electrons. The van der Waals surface area contributed by atoms with Crippen molar-refractivity contribution in [2.45, 2.75) is 38.4 Å². The maximum atomic E-state index is 10.6. The Balaban J connectivity index is 1.89. The van der Waals surface area contributed by atoms with Crippen LogP contribution in [-0.2, 0) is 12.8 Å². The lowest BCUT2D eigenvalue weighted by atomic mass is 9.96. The highest BCUT2D eigenvalue weighted by atomic mass is 16.5. The van der Waals surface area contributed by atoms with Crippen molar-refractivity contribution < 1.29 is 9.84 Å². The molecule has 1 aromatic carbocycles. The molecule has 2 heterocycles. The summed E-state index contributed by atoms with van der Waals surface area (Å²) in [7, 11) is 0. The number of hydrogen-bond donors (Lipinski definition) is 2. The van der Waals surface area contributed by atoms with Crippen LogP contribution < -0.4 is 10.5 Å². The summed E-state index contributed by atoms with van der Waals surface area (Å²) < 4.78 is 6.01. The zero-order chi connectivity index (χ0) is 15.0. The second-order valence-corrected chi connectivity index (χ2v) is 6.17. The van der Waals surface area contributed by atoms with E-state index in [4.69, 9.17) is 10.5 Å². The average Bonchev–Trinajstić information content (AvgIpc) is 2.74. The molecule has 0 saturated heterocycles. The Labute approximate surface area is 124 Å². The van der Waals surface area contributed by atoms with Crippen molar-refractivity contribution in [3.8, 4) is 5.75 Å². The third-order valence-electron chi connectivity index (χ3n) is 3.84. The predicted molar refractivity (Wildman–Crippen MR) is 82.2 cm³/mol. The van der Waals surface area contributed by atoms with Crippen LogP contribution in [-0.4, -0.2) is 15.7 Å². The van der Waals surface area contributed by atoms with Gasteiger partial charge in [-0.05, 0) is 31.0 Å². The van der Waals surface area contributed by atoms with Gasteiger partial charge in [0.2, 0.25) is 0 Å². The van der Waals surface area contributed by atoms with E-state index in [9.17, 15) is 5.11 Å². The summed E-state index contributed by atoms with van der Waals surface area (Å²) in [6.07, 6.45) is 3.99. The molecule has 2 aromatic rings. The van der Waals surface area contributed by atoms with E-state index >= 15 is 0 Å². The molecular weight excluding hydrogens is 264 g/mol. The molecule has 0 fully saturated rings. The van der Waals surface area contributed by atoms with Gasteiger partial charge in [0.25, 0.3) is 0 Å². The number of para-hydroxylation sites is 1. The number of nitrogen functional groups attached to an aromatic ring is 1. The van der Waals surface area contributed by atoms with E-state index in [1.54, 1.807) is 18.5 Å². The molecule has 1 aliphatic heterocycles. The van der Waals surface area contributed by atoms with Crippen molar-refractivity contribution in [1.82, 2.24) is 4.98 Å². The van der Waals surface area contributed by atoms with Gasteiger partial charge in [-0.2, -0.15) is 0 Å². The fraction of sp³-hybridized carbons (Fsp3) is 0.353. The van der Waals surface area contributed by atoms with E-state index in [1.807, 2.05) is 12.1 Å². The van der Waals surface area contributed by atoms with Gasteiger partial charge in [-0.1, -0.05) is 18.2 Å². The van der Waals surface area contributed by atoms with E-state index in [2.05, 4.69) is 24.9 Å². The van der Waals surface area contributed by atoms with Gasteiger partial charge >= 0.3 is 0 Å². The molecule has 1 unspecified atom stereocenters. The van der Waals surface area contributed by atoms with Crippen LogP contribution >= 0.6 is 0 Å². The zero-order valence-electron chi connectivity index (χ0n) is 12.3. The predicted octanol–water partition coefficient (Wildman–Crippen LogP) is 2.65. The molecule has 3 N–H and O–H groups in total. The monoisotopic (exact) mass is 284 g/mol. The van der Waals surface area contributed by atoms with Crippen LogP contribution in [0.2, 0.25) is 0 Å². The van der Waals surface area contributed by atoms with E-state index in [0.29, 0.717) is 12.1 Å². The van der Waals surface area contributed by atoms with Crippen LogP contribution in [0, 0.1) is 0 Å². The van der Waals surface area contributed by atoms with Crippen molar-refractivity contribution in [3.05, 3.63) is 53.3 Å². The maximum absolute atomic E-state index is 10.6. The van der Waals surface area contributed by atoms with Crippen LogP contribution in [0.4, 0.5) is 5.69 Å². The Kier molecular flexibility index (Phi) is 3.33. The van der Waals surface area contributed by atoms with Gasteiger partial charge in [-0.15, -0.1) is 0 Å². The Morgan fingerprint density at radius 1 is 1.38 bits per heavy atom. The number of aliphatic hydroxyl groups excluding tert-OH is 1. The fourth-order valence-corrected chi connectivity index (χ4v) is 2.83. The minimum atomic E-state index is -0.652. The number of aliphatic hydroxyl groups is 1. The minimum Gasteiger partial charge on any atom is -0.487 e. The topological polar surface area (TPSA) is 68.4 Å². The molecule has 1 aliphatic rings. The van der Waals surface area contributed by atoms with E-state index < -0.39 is 6.10 Å². The summed E-state index contributed by atoms with van der Waals surface area (Å²) in [4.78, 5) is 4.07. The molecule has 0 amide bonds. The van der Waals surface area contributed by atoms with Gasteiger partial charge in [-0.3, -0.25) is 4.98 Å². The Morgan fingerprint density at radius 3 is 2.95 bits per heavy atom. The van der Waals surface area contributed by atoms with Crippen molar-refractivity contribution in [1.29, 1.82) is 0 Å². The summed E-state index contributed by atoms with van der Waals surface area (Å²) in [6.45, 7) is 4.12. The normalized spacial score (nSPS) is 17.1. The average molecular weight is 284 g/mol. The molecule has 4 nitrogen and oxygen atoms in total. The number of ether oxygens (including phenoxy) is 1. The number of pyridine rings is 1. The van der Waals surface area contributed by atoms with Gasteiger partial charge in [0.15, 0.2) is 0 Å². The van der Waals surface area contributed by atoms with Gasteiger partial charge in [0.1, 0.15) is 11.4 Å². The second-order valence-electron chi connectivity index (χ2n) is 6.17. The van der Waals surface area contributed by atoms with E-state index in [0.717, 1.165) is 28.9 Å². The first-order chi connectivity index (χ1) is 9.96. The zero-order valence-corrected chi connectivity index (χ0v) is 12.3. The Bertz CT molecular complexity index is 668. The first-order valence-electron chi connectivity index (χ1n) is 7.13. The van der Waals surface area contributed by atoms with Crippen LogP contribution in [0.5, 0.6) is 5.75 Å². The second kappa shape index (κ2) is 5.04. The van der Waals surface area contributed by atoms with Crippen LogP contribution in [0.15, 0.2) is 36.7 Å². The highest BCUT2D eigenvalue weighted by molar-refractivity contribution is 5.49. The number of hydrogen-bond acceptors (Lipinski definition) is 4. The number of nitrogens with zero attached hydrogens (tertiary/aromatic N) is 1.